The molecule has 1 aromatic rings. The van der Waals surface area contributed by atoms with Crippen molar-refractivity contribution < 1.29 is 14.4 Å². The second-order valence-corrected chi connectivity index (χ2v) is 5.35. The molecule has 0 spiro atoms. The lowest BCUT2D eigenvalue weighted by atomic mass is 10.0. The minimum absolute atomic E-state index is 0.0130. The zero-order valence-electron chi connectivity index (χ0n) is 12.6. The minimum atomic E-state index is -0.403. The summed E-state index contributed by atoms with van der Waals surface area (Å²) in [5.41, 5.74) is 0.495. The Bertz CT molecular complexity index is 499. The maximum absolute atomic E-state index is 11.2. The molecule has 0 amide bonds. The van der Waals surface area contributed by atoms with Gasteiger partial charge in [-0.2, -0.15) is 0 Å². The largest absolute Gasteiger partial charge is 0.493 e. The van der Waals surface area contributed by atoms with Crippen LogP contribution in [0.2, 0.25) is 0 Å². The summed E-state index contributed by atoms with van der Waals surface area (Å²) in [6.45, 7) is 0.737. The molecule has 0 saturated heterocycles. The number of rotatable bonds is 7. The SMILES string of the molecule is COc1cc(NCCC2CCCC2)c([N+](=O)[O-])cc1OC. The van der Waals surface area contributed by atoms with Gasteiger partial charge in [0.15, 0.2) is 11.5 Å². The number of nitro groups is 1. The Morgan fingerprint density at radius 1 is 1.24 bits per heavy atom. The molecule has 0 heterocycles. The Balaban J connectivity index is 2.10. The molecule has 0 bridgehead atoms. The van der Waals surface area contributed by atoms with Crippen molar-refractivity contribution in [3.63, 3.8) is 0 Å². The van der Waals surface area contributed by atoms with E-state index in [2.05, 4.69) is 5.32 Å². The number of hydrogen-bond acceptors (Lipinski definition) is 5. The van der Waals surface area contributed by atoms with Crippen molar-refractivity contribution >= 4 is 11.4 Å². The van der Waals surface area contributed by atoms with Crippen molar-refractivity contribution in [2.24, 2.45) is 5.92 Å². The first-order valence-electron chi connectivity index (χ1n) is 7.30. The number of nitrogens with zero attached hydrogens (tertiary/aromatic N) is 1. The topological polar surface area (TPSA) is 73.6 Å². The van der Waals surface area contributed by atoms with Crippen LogP contribution in [0.3, 0.4) is 0 Å². The van der Waals surface area contributed by atoms with E-state index in [0.29, 0.717) is 17.2 Å². The van der Waals surface area contributed by atoms with Crippen LogP contribution in [0.5, 0.6) is 11.5 Å². The molecule has 6 heteroatoms. The third-order valence-electron chi connectivity index (χ3n) is 4.04. The van der Waals surface area contributed by atoms with Crippen LogP contribution in [0.15, 0.2) is 12.1 Å². The summed E-state index contributed by atoms with van der Waals surface area (Å²) < 4.78 is 10.3. The Labute approximate surface area is 124 Å². The quantitative estimate of drug-likeness (QED) is 0.614. The van der Waals surface area contributed by atoms with E-state index < -0.39 is 4.92 Å². The number of anilines is 1. The van der Waals surface area contributed by atoms with Crippen molar-refractivity contribution in [1.82, 2.24) is 0 Å². The number of nitrogens with one attached hydrogen (secondary N) is 1. The minimum Gasteiger partial charge on any atom is -0.493 e. The molecule has 0 aromatic heterocycles. The monoisotopic (exact) mass is 294 g/mol. The fraction of sp³-hybridized carbons (Fsp3) is 0.600. The highest BCUT2D eigenvalue weighted by molar-refractivity contribution is 5.68. The van der Waals surface area contributed by atoms with Gasteiger partial charge < -0.3 is 14.8 Å². The summed E-state index contributed by atoms with van der Waals surface area (Å²) >= 11 is 0. The van der Waals surface area contributed by atoms with Gasteiger partial charge in [-0.3, -0.25) is 10.1 Å². The van der Waals surface area contributed by atoms with Gasteiger partial charge in [-0.1, -0.05) is 25.7 Å². The predicted octanol–water partition coefficient (Wildman–Crippen LogP) is 3.60. The van der Waals surface area contributed by atoms with Crippen molar-refractivity contribution in [2.75, 3.05) is 26.1 Å². The molecule has 2 rings (SSSR count). The van der Waals surface area contributed by atoms with E-state index in [0.717, 1.165) is 18.9 Å². The third-order valence-corrected chi connectivity index (χ3v) is 4.04. The third kappa shape index (κ3) is 3.77. The summed E-state index contributed by atoms with van der Waals surface area (Å²) in [6.07, 6.45) is 6.21. The summed E-state index contributed by atoms with van der Waals surface area (Å²) in [5.74, 6) is 1.61. The van der Waals surface area contributed by atoms with Gasteiger partial charge in [0.1, 0.15) is 5.69 Å². The van der Waals surface area contributed by atoms with Crippen LogP contribution in [-0.2, 0) is 0 Å². The van der Waals surface area contributed by atoms with E-state index in [9.17, 15) is 10.1 Å². The second kappa shape index (κ2) is 7.15. The van der Waals surface area contributed by atoms with Crippen LogP contribution in [0, 0.1) is 16.0 Å². The molecule has 1 aliphatic carbocycles. The molecular formula is C15H22N2O4. The summed E-state index contributed by atoms with van der Waals surface area (Å²) in [4.78, 5) is 10.8. The van der Waals surface area contributed by atoms with Crippen molar-refractivity contribution in [3.05, 3.63) is 22.2 Å². The fourth-order valence-corrected chi connectivity index (χ4v) is 2.87. The number of hydrogen-bond donors (Lipinski definition) is 1. The molecule has 0 unspecified atom stereocenters. The zero-order chi connectivity index (χ0) is 15.2. The highest BCUT2D eigenvalue weighted by Gasteiger charge is 2.20. The maximum Gasteiger partial charge on any atom is 0.296 e. The van der Waals surface area contributed by atoms with E-state index in [1.165, 1.54) is 46.0 Å². The maximum atomic E-state index is 11.2. The van der Waals surface area contributed by atoms with Crippen LogP contribution in [0.25, 0.3) is 0 Å². The lowest BCUT2D eigenvalue weighted by Gasteiger charge is -2.13. The number of ether oxygens (including phenoxy) is 2. The van der Waals surface area contributed by atoms with Crippen molar-refractivity contribution in [3.8, 4) is 11.5 Å². The van der Waals surface area contributed by atoms with Gasteiger partial charge in [-0.15, -0.1) is 0 Å². The summed E-state index contributed by atoms with van der Waals surface area (Å²) in [5, 5.41) is 14.3. The highest BCUT2D eigenvalue weighted by atomic mass is 16.6. The second-order valence-electron chi connectivity index (χ2n) is 5.35. The average Bonchev–Trinajstić information content (AvgIpc) is 2.99. The molecule has 116 valence electrons. The normalized spacial score (nSPS) is 15.0. The molecule has 6 nitrogen and oxygen atoms in total. The molecule has 21 heavy (non-hydrogen) atoms. The van der Waals surface area contributed by atoms with Crippen LogP contribution in [0.1, 0.15) is 32.1 Å². The molecule has 1 saturated carbocycles. The van der Waals surface area contributed by atoms with E-state index in [-0.39, 0.29) is 5.69 Å². The van der Waals surface area contributed by atoms with Gasteiger partial charge in [0.25, 0.3) is 5.69 Å². The molecule has 1 fully saturated rings. The molecular weight excluding hydrogens is 272 g/mol. The zero-order valence-corrected chi connectivity index (χ0v) is 12.6. The Hall–Kier alpha value is -1.98. The smallest absolute Gasteiger partial charge is 0.296 e. The predicted molar refractivity (Wildman–Crippen MR) is 81.3 cm³/mol. The van der Waals surface area contributed by atoms with Gasteiger partial charge >= 0.3 is 0 Å². The Kier molecular flexibility index (Phi) is 5.25. The Morgan fingerprint density at radius 2 is 1.86 bits per heavy atom. The van der Waals surface area contributed by atoms with Crippen molar-refractivity contribution in [1.29, 1.82) is 0 Å². The van der Waals surface area contributed by atoms with Crippen LogP contribution >= 0.6 is 0 Å². The molecule has 0 atom stereocenters. The van der Waals surface area contributed by atoms with Gasteiger partial charge in [0, 0.05) is 12.6 Å². The first kappa shape index (κ1) is 15.4. The van der Waals surface area contributed by atoms with E-state index in [1.807, 2.05) is 0 Å². The molecule has 1 N–H and O–H groups in total. The fourth-order valence-electron chi connectivity index (χ4n) is 2.87. The van der Waals surface area contributed by atoms with Crippen LogP contribution in [0.4, 0.5) is 11.4 Å². The number of methoxy groups -OCH3 is 2. The summed E-state index contributed by atoms with van der Waals surface area (Å²) in [6, 6.07) is 3.03. The van der Waals surface area contributed by atoms with Gasteiger partial charge in [-0.05, 0) is 12.3 Å². The van der Waals surface area contributed by atoms with Gasteiger partial charge in [-0.25, -0.2) is 0 Å². The van der Waals surface area contributed by atoms with Crippen molar-refractivity contribution in [2.45, 2.75) is 32.1 Å². The molecule has 1 aromatic carbocycles. The van der Waals surface area contributed by atoms with E-state index in [1.54, 1.807) is 6.07 Å². The average molecular weight is 294 g/mol. The molecule has 0 aliphatic heterocycles. The number of benzene rings is 1. The lowest BCUT2D eigenvalue weighted by Crippen LogP contribution is -2.08. The van der Waals surface area contributed by atoms with Gasteiger partial charge in [0.05, 0.1) is 25.2 Å². The van der Waals surface area contributed by atoms with Crippen LogP contribution < -0.4 is 14.8 Å². The number of nitro benzene ring substituents is 1. The standard InChI is InChI=1S/C15H22N2O4/c1-20-14-9-12(13(17(18)19)10-15(14)21-2)16-8-7-11-5-3-4-6-11/h9-11,16H,3-8H2,1-2H3. The van der Waals surface area contributed by atoms with Crippen LogP contribution in [-0.4, -0.2) is 25.7 Å². The van der Waals surface area contributed by atoms with Gasteiger partial charge in [0.2, 0.25) is 0 Å². The molecule has 0 radical (unpaired) electrons. The first-order chi connectivity index (χ1) is 10.2. The first-order valence-corrected chi connectivity index (χ1v) is 7.30. The Morgan fingerprint density at radius 3 is 2.43 bits per heavy atom. The lowest BCUT2D eigenvalue weighted by molar-refractivity contribution is -0.384. The van der Waals surface area contributed by atoms with E-state index in [4.69, 9.17) is 9.47 Å². The summed E-state index contributed by atoms with van der Waals surface area (Å²) in [7, 11) is 2.99. The highest BCUT2D eigenvalue weighted by Crippen LogP contribution is 2.37. The molecule has 1 aliphatic rings. The van der Waals surface area contributed by atoms with E-state index >= 15 is 0 Å².